The van der Waals surface area contributed by atoms with Crippen LogP contribution >= 0.6 is 0 Å². The third kappa shape index (κ3) is 3.29. The minimum Gasteiger partial charge on any atom is -0.323 e. The molecule has 2 rings (SSSR count). The zero-order valence-corrected chi connectivity index (χ0v) is 10.3. The number of amides is 1. The van der Waals surface area contributed by atoms with E-state index in [2.05, 4.69) is 5.32 Å². The molecule has 1 amide bonds. The zero-order chi connectivity index (χ0) is 12.8. The van der Waals surface area contributed by atoms with Crippen molar-refractivity contribution in [2.45, 2.75) is 25.7 Å². The molecule has 0 aromatic heterocycles. The van der Waals surface area contributed by atoms with Crippen LogP contribution in [0.4, 0.5) is 0 Å². The topological polar surface area (TPSA) is 46.2 Å². The van der Waals surface area contributed by atoms with E-state index in [1.165, 1.54) is 0 Å². The molecule has 0 radical (unpaired) electrons. The van der Waals surface area contributed by atoms with Crippen molar-refractivity contribution in [3.63, 3.8) is 0 Å². The Bertz CT molecular complexity index is 445. The maximum absolute atomic E-state index is 11.9. The molecule has 3 nitrogen and oxygen atoms in total. The molecule has 1 aliphatic rings. The van der Waals surface area contributed by atoms with Crippen molar-refractivity contribution in [2.75, 3.05) is 0 Å². The molecule has 1 aromatic carbocycles. The average molecular weight is 243 g/mol. The van der Waals surface area contributed by atoms with Gasteiger partial charge < -0.3 is 5.32 Å². The molecule has 1 aromatic rings. The second-order valence-corrected chi connectivity index (χ2v) is 4.60. The van der Waals surface area contributed by atoms with Crippen LogP contribution < -0.4 is 5.32 Å². The summed E-state index contributed by atoms with van der Waals surface area (Å²) in [5, 5.41) is 2.71. The summed E-state index contributed by atoms with van der Waals surface area (Å²) >= 11 is 0. The predicted octanol–water partition coefficient (Wildman–Crippen LogP) is 2.53. The summed E-state index contributed by atoms with van der Waals surface area (Å²) in [5.41, 5.74) is 1.24. The first-order valence-electron chi connectivity index (χ1n) is 6.32. The van der Waals surface area contributed by atoms with E-state index in [1.807, 2.05) is 30.3 Å². The molecule has 0 bridgehead atoms. The van der Waals surface area contributed by atoms with E-state index in [0.29, 0.717) is 12.0 Å². The van der Waals surface area contributed by atoms with Crippen molar-refractivity contribution in [3.05, 3.63) is 41.6 Å². The third-order valence-corrected chi connectivity index (χ3v) is 3.24. The highest BCUT2D eigenvalue weighted by Crippen LogP contribution is 2.24. The normalized spacial score (nSPS) is 16.6. The average Bonchev–Trinajstić information content (AvgIpc) is 2.93. The van der Waals surface area contributed by atoms with Gasteiger partial charge in [0.2, 0.25) is 5.91 Å². The van der Waals surface area contributed by atoms with E-state index >= 15 is 0 Å². The summed E-state index contributed by atoms with van der Waals surface area (Å²) in [7, 11) is 0. The Morgan fingerprint density at radius 2 is 1.83 bits per heavy atom. The van der Waals surface area contributed by atoms with E-state index < -0.39 is 0 Å². The highest BCUT2D eigenvalue weighted by Gasteiger charge is 2.22. The second kappa shape index (κ2) is 6.15. The quantitative estimate of drug-likeness (QED) is 0.652. The van der Waals surface area contributed by atoms with Gasteiger partial charge in [-0.3, -0.25) is 9.59 Å². The van der Waals surface area contributed by atoms with Gasteiger partial charge in [0.25, 0.3) is 0 Å². The van der Waals surface area contributed by atoms with Gasteiger partial charge >= 0.3 is 0 Å². The molecule has 94 valence electrons. The lowest BCUT2D eigenvalue weighted by Gasteiger charge is -2.09. The summed E-state index contributed by atoms with van der Waals surface area (Å²) < 4.78 is 0. The van der Waals surface area contributed by atoms with Crippen LogP contribution in [0.2, 0.25) is 0 Å². The summed E-state index contributed by atoms with van der Waals surface area (Å²) in [5.74, 6) is 0.0471. The Hall–Kier alpha value is -1.90. The van der Waals surface area contributed by atoms with Crippen LogP contribution in [0.5, 0.6) is 0 Å². The fourth-order valence-electron chi connectivity index (χ4n) is 2.26. The molecular formula is C15H17NO2. The first-order valence-corrected chi connectivity index (χ1v) is 6.32. The fourth-order valence-corrected chi connectivity index (χ4v) is 2.26. The Balaban J connectivity index is 2.03. The van der Waals surface area contributed by atoms with Crippen LogP contribution in [-0.2, 0) is 9.59 Å². The molecule has 1 saturated carbocycles. The summed E-state index contributed by atoms with van der Waals surface area (Å²) in [6, 6.07) is 9.49. The van der Waals surface area contributed by atoms with Gasteiger partial charge in [-0.05, 0) is 24.5 Å². The lowest BCUT2D eigenvalue weighted by atomic mass is 10.1. The SMILES string of the molecule is O=C/C(=C\c1ccccc1)NC(=O)C1CCCC1. The number of carbonyl (C=O) groups is 2. The minimum atomic E-state index is -0.0261. The molecule has 18 heavy (non-hydrogen) atoms. The lowest BCUT2D eigenvalue weighted by molar-refractivity contribution is -0.124. The smallest absolute Gasteiger partial charge is 0.227 e. The lowest BCUT2D eigenvalue weighted by Crippen LogP contribution is -2.29. The molecule has 1 N–H and O–H groups in total. The molecular weight excluding hydrogens is 226 g/mol. The first kappa shape index (κ1) is 12.6. The van der Waals surface area contributed by atoms with Gasteiger partial charge in [-0.2, -0.15) is 0 Å². The van der Waals surface area contributed by atoms with Crippen LogP contribution in [0.3, 0.4) is 0 Å². The molecule has 0 heterocycles. The number of benzene rings is 1. The van der Waals surface area contributed by atoms with Crippen LogP contribution in [0.1, 0.15) is 31.2 Å². The number of hydrogen-bond acceptors (Lipinski definition) is 2. The van der Waals surface area contributed by atoms with Crippen LogP contribution in [0.15, 0.2) is 36.0 Å². The van der Waals surface area contributed by atoms with Crippen molar-refractivity contribution < 1.29 is 9.59 Å². The standard InChI is InChI=1S/C15H17NO2/c17-11-14(10-12-6-2-1-3-7-12)16-15(18)13-8-4-5-9-13/h1-3,6-7,10-11,13H,4-5,8-9H2,(H,16,18)/b14-10+. The van der Waals surface area contributed by atoms with Gasteiger partial charge in [0.05, 0.1) is 5.70 Å². The highest BCUT2D eigenvalue weighted by molar-refractivity contribution is 5.91. The van der Waals surface area contributed by atoms with Crippen LogP contribution in [0.25, 0.3) is 6.08 Å². The van der Waals surface area contributed by atoms with Crippen molar-refractivity contribution in [2.24, 2.45) is 5.92 Å². The largest absolute Gasteiger partial charge is 0.323 e. The van der Waals surface area contributed by atoms with Gasteiger partial charge in [0.15, 0.2) is 6.29 Å². The number of hydrogen-bond donors (Lipinski definition) is 1. The fraction of sp³-hybridized carbons (Fsp3) is 0.333. The van der Waals surface area contributed by atoms with Gasteiger partial charge in [-0.25, -0.2) is 0 Å². The van der Waals surface area contributed by atoms with Gasteiger partial charge in [0.1, 0.15) is 0 Å². The first-order chi connectivity index (χ1) is 8.79. The van der Waals surface area contributed by atoms with Crippen molar-refractivity contribution in [1.29, 1.82) is 0 Å². The second-order valence-electron chi connectivity index (χ2n) is 4.60. The monoisotopic (exact) mass is 243 g/mol. The highest BCUT2D eigenvalue weighted by atomic mass is 16.2. The van der Waals surface area contributed by atoms with E-state index in [-0.39, 0.29) is 11.8 Å². The molecule has 0 spiro atoms. The number of carbonyl (C=O) groups excluding carboxylic acids is 2. The predicted molar refractivity (Wildman–Crippen MR) is 70.6 cm³/mol. The Labute approximate surface area is 107 Å². The molecule has 1 aliphatic carbocycles. The number of nitrogens with one attached hydrogen (secondary N) is 1. The summed E-state index contributed by atoms with van der Waals surface area (Å²) in [4.78, 5) is 22.9. The Kier molecular flexibility index (Phi) is 4.29. The number of rotatable bonds is 4. The maximum atomic E-state index is 11.9. The Morgan fingerprint density at radius 1 is 1.17 bits per heavy atom. The Morgan fingerprint density at radius 3 is 2.44 bits per heavy atom. The van der Waals surface area contributed by atoms with Gasteiger partial charge in [-0.15, -0.1) is 0 Å². The van der Waals surface area contributed by atoms with Gasteiger partial charge in [-0.1, -0.05) is 43.2 Å². The third-order valence-electron chi connectivity index (χ3n) is 3.24. The molecule has 1 fully saturated rings. The van der Waals surface area contributed by atoms with Gasteiger partial charge in [0, 0.05) is 5.92 Å². The molecule has 0 aliphatic heterocycles. The van der Waals surface area contributed by atoms with Crippen molar-refractivity contribution in [1.82, 2.24) is 5.32 Å². The molecule has 3 heteroatoms. The molecule has 0 atom stereocenters. The van der Waals surface area contributed by atoms with E-state index in [1.54, 1.807) is 6.08 Å². The number of aldehydes is 1. The minimum absolute atomic E-state index is 0.0261. The summed E-state index contributed by atoms with van der Waals surface area (Å²) in [6.45, 7) is 0. The maximum Gasteiger partial charge on any atom is 0.227 e. The van der Waals surface area contributed by atoms with Crippen LogP contribution in [-0.4, -0.2) is 12.2 Å². The van der Waals surface area contributed by atoms with Crippen molar-refractivity contribution >= 4 is 18.3 Å². The van der Waals surface area contributed by atoms with E-state index in [4.69, 9.17) is 0 Å². The zero-order valence-electron chi connectivity index (χ0n) is 10.3. The van der Waals surface area contributed by atoms with Crippen LogP contribution in [0, 0.1) is 5.92 Å². The van der Waals surface area contributed by atoms with E-state index in [9.17, 15) is 9.59 Å². The number of allylic oxidation sites excluding steroid dienone is 1. The molecule has 0 saturated heterocycles. The van der Waals surface area contributed by atoms with Crippen molar-refractivity contribution in [3.8, 4) is 0 Å². The summed E-state index contributed by atoms with van der Waals surface area (Å²) in [6.07, 6.45) is 6.47. The molecule has 0 unspecified atom stereocenters. The van der Waals surface area contributed by atoms with E-state index in [0.717, 1.165) is 31.2 Å².